The van der Waals surface area contributed by atoms with Gasteiger partial charge < -0.3 is 20.4 Å². The molecule has 0 amide bonds. The monoisotopic (exact) mass is 390 g/mol. The first-order valence-electron chi connectivity index (χ1n) is 9.67. The van der Waals surface area contributed by atoms with Crippen molar-refractivity contribution in [3.63, 3.8) is 0 Å². The maximum atomic E-state index is 5.44. The summed E-state index contributed by atoms with van der Waals surface area (Å²) in [6.45, 7) is 3.62. The number of nitrogens with zero attached hydrogens (tertiary/aromatic N) is 4. The molecule has 0 aliphatic carbocycles. The summed E-state index contributed by atoms with van der Waals surface area (Å²) in [5.74, 6) is 2.34. The summed E-state index contributed by atoms with van der Waals surface area (Å²) in [5.41, 5.74) is 4.17. The number of ether oxygens (including phenoxy) is 1. The second-order valence-corrected chi connectivity index (χ2v) is 7.20. The Morgan fingerprint density at radius 2 is 2.14 bits per heavy atom. The van der Waals surface area contributed by atoms with Crippen molar-refractivity contribution >= 4 is 28.6 Å². The third kappa shape index (κ3) is 3.77. The molecule has 0 saturated carbocycles. The normalized spacial score (nSPS) is 17.5. The molecule has 0 radical (unpaired) electrons. The third-order valence-corrected chi connectivity index (χ3v) is 5.17. The van der Waals surface area contributed by atoms with Gasteiger partial charge in [-0.25, -0.2) is 9.97 Å². The van der Waals surface area contributed by atoms with Gasteiger partial charge in [-0.2, -0.15) is 10.1 Å². The Morgan fingerprint density at radius 3 is 3.03 bits per heavy atom. The standard InChI is InChI=1S/C20H22N8O/c1-12(13-2-3-15-17(8-13)23-11-22-15)24-20-21-6-4-18(26-20)25-19-9-16(27-28-19)14-5-7-29-10-14/h2-4,6,8-9,11-12,14H,5,7,10H2,1H3,(H,22,23)(H3,21,24,25,26,27,28)/t12-,14?/m0/s1. The van der Waals surface area contributed by atoms with Gasteiger partial charge in [-0.15, -0.1) is 0 Å². The van der Waals surface area contributed by atoms with Crippen LogP contribution in [0.5, 0.6) is 0 Å². The summed E-state index contributed by atoms with van der Waals surface area (Å²) in [4.78, 5) is 16.3. The number of hydrogen-bond donors (Lipinski definition) is 4. The van der Waals surface area contributed by atoms with Gasteiger partial charge >= 0.3 is 0 Å². The van der Waals surface area contributed by atoms with Crippen LogP contribution >= 0.6 is 0 Å². The maximum Gasteiger partial charge on any atom is 0.225 e. The molecule has 0 bridgehead atoms. The minimum Gasteiger partial charge on any atom is -0.381 e. The molecule has 3 aromatic heterocycles. The fourth-order valence-electron chi connectivity index (χ4n) is 3.52. The zero-order valence-corrected chi connectivity index (χ0v) is 16.0. The Labute approximate surface area is 167 Å². The van der Waals surface area contributed by atoms with E-state index in [0.717, 1.165) is 47.7 Å². The number of rotatable bonds is 6. The number of anilines is 3. The lowest BCUT2D eigenvalue weighted by Crippen LogP contribution is -2.10. The van der Waals surface area contributed by atoms with Crippen LogP contribution in [0.4, 0.5) is 17.6 Å². The number of aromatic nitrogens is 6. The van der Waals surface area contributed by atoms with Crippen molar-refractivity contribution in [1.82, 2.24) is 30.1 Å². The number of fused-ring (bicyclic) bond motifs is 1. The zero-order chi connectivity index (χ0) is 19.6. The third-order valence-electron chi connectivity index (χ3n) is 5.17. The lowest BCUT2D eigenvalue weighted by molar-refractivity contribution is 0.193. The quantitative estimate of drug-likeness (QED) is 0.398. The van der Waals surface area contributed by atoms with E-state index in [1.54, 1.807) is 12.5 Å². The molecule has 4 heterocycles. The van der Waals surface area contributed by atoms with Crippen molar-refractivity contribution in [3.05, 3.63) is 54.1 Å². The van der Waals surface area contributed by atoms with Crippen molar-refractivity contribution in [2.45, 2.75) is 25.3 Å². The van der Waals surface area contributed by atoms with Gasteiger partial charge in [0.2, 0.25) is 5.95 Å². The molecule has 1 aliphatic rings. The van der Waals surface area contributed by atoms with E-state index < -0.39 is 0 Å². The van der Waals surface area contributed by atoms with Crippen LogP contribution in [0.2, 0.25) is 0 Å². The Bertz CT molecular complexity index is 1110. The number of nitrogens with one attached hydrogen (secondary N) is 4. The van der Waals surface area contributed by atoms with Gasteiger partial charge in [-0.3, -0.25) is 5.10 Å². The summed E-state index contributed by atoms with van der Waals surface area (Å²) >= 11 is 0. The van der Waals surface area contributed by atoms with E-state index >= 15 is 0 Å². The molecule has 9 nitrogen and oxygen atoms in total. The molecule has 2 atom stereocenters. The van der Waals surface area contributed by atoms with E-state index in [0.29, 0.717) is 17.7 Å². The molecule has 9 heteroatoms. The molecule has 5 rings (SSSR count). The van der Waals surface area contributed by atoms with Crippen LogP contribution in [0.15, 0.2) is 42.9 Å². The molecule has 1 fully saturated rings. The Kier molecular flexibility index (Phi) is 4.57. The molecular weight excluding hydrogens is 368 g/mol. The second-order valence-electron chi connectivity index (χ2n) is 7.20. The predicted molar refractivity (Wildman–Crippen MR) is 110 cm³/mol. The van der Waals surface area contributed by atoms with Crippen molar-refractivity contribution in [2.75, 3.05) is 23.8 Å². The molecule has 1 aliphatic heterocycles. The van der Waals surface area contributed by atoms with E-state index in [4.69, 9.17) is 4.74 Å². The summed E-state index contributed by atoms with van der Waals surface area (Å²) in [7, 11) is 0. The molecule has 0 spiro atoms. The van der Waals surface area contributed by atoms with E-state index in [2.05, 4.69) is 59.8 Å². The number of imidazole rings is 1. The average Bonchev–Trinajstić information content (AvgIpc) is 3.48. The largest absolute Gasteiger partial charge is 0.381 e. The molecule has 1 saturated heterocycles. The van der Waals surface area contributed by atoms with Gasteiger partial charge in [0, 0.05) is 30.5 Å². The smallest absolute Gasteiger partial charge is 0.225 e. The van der Waals surface area contributed by atoms with E-state index in [1.165, 1.54) is 0 Å². The molecule has 148 valence electrons. The minimum atomic E-state index is 0.0392. The zero-order valence-electron chi connectivity index (χ0n) is 16.0. The van der Waals surface area contributed by atoms with Crippen LogP contribution in [-0.2, 0) is 4.74 Å². The van der Waals surface area contributed by atoms with Crippen molar-refractivity contribution in [1.29, 1.82) is 0 Å². The van der Waals surface area contributed by atoms with Gasteiger partial charge in [0.25, 0.3) is 0 Å². The summed E-state index contributed by atoms with van der Waals surface area (Å²) in [6.07, 6.45) is 4.44. The highest BCUT2D eigenvalue weighted by atomic mass is 16.5. The fraction of sp³-hybridized carbons (Fsp3) is 0.300. The highest BCUT2D eigenvalue weighted by Gasteiger charge is 2.20. The van der Waals surface area contributed by atoms with Crippen molar-refractivity contribution in [3.8, 4) is 0 Å². The van der Waals surface area contributed by atoms with Gasteiger partial charge in [0.05, 0.1) is 30.0 Å². The first-order chi connectivity index (χ1) is 14.2. The average molecular weight is 390 g/mol. The summed E-state index contributed by atoms with van der Waals surface area (Å²) in [6, 6.07) is 10.0. The minimum absolute atomic E-state index is 0.0392. The molecular formula is C20H22N8O. The van der Waals surface area contributed by atoms with Gasteiger partial charge in [0.15, 0.2) is 5.82 Å². The first kappa shape index (κ1) is 17.6. The van der Waals surface area contributed by atoms with Crippen molar-refractivity contribution in [2.24, 2.45) is 0 Å². The lowest BCUT2D eigenvalue weighted by Gasteiger charge is -2.14. The molecule has 4 N–H and O–H groups in total. The maximum absolute atomic E-state index is 5.44. The molecule has 1 unspecified atom stereocenters. The van der Waals surface area contributed by atoms with Crippen LogP contribution in [0.25, 0.3) is 11.0 Å². The van der Waals surface area contributed by atoms with Crippen LogP contribution in [0, 0.1) is 0 Å². The number of aromatic amines is 2. The van der Waals surface area contributed by atoms with Gasteiger partial charge in [-0.05, 0) is 37.1 Å². The van der Waals surface area contributed by atoms with Gasteiger partial charge in [-0.1, -0.05) is 6.07 Å². The van der Waals surface area contributed by atoms with E-state index in [9.17, 15) is 0 Å². The first-order valence-corrected chi connectivity index (χ1v) is 9.67. The fourth-order valence-corrected chi connectivity index (χ4v) is 3.52. The Hall–Kier alpha value is -3.46. The highest BCUT2D eigenvalue weighted by molar-refractivity contribution is 5.75. The SMILES string of the molecule is C[C@H](Nc1nccc(Nc2cc(C3CCOC3)[nH]n2)n1)c1ccc2nc[nH]c2c1. The van der Waals surface area contributed by atoms with Crippen molar-refractivity contribution < 1.29 is 4.74 Å². The van der Waals surface area contributed by atoms with Gasteiger partial charge in [0.1, 0.15) is 5.82 Å². The highest BCUT2D eigenvalue weighted by Crippen LogP contribution is 2.26. The number of H-pyrrole nitrogens is 2. The number of benzene rings is 1. The van der Waals surface area contributed by atoms with E-state index in [1.807, 2.05) is 18.2 Å². The van der Waals surface area contributed by atoms with Crippen LogP contribution in [0.1, 0.15) is 36.6 Å². The predicted octanol–water partition coefficient (Wildman–Crippen LogP) is 3.50. The number of hydrogen-bond acceptors (Lipinski definition) is 7. The van der Waals surface area contributed by atoms with Crippen LogP contribution < -0.4 is 10.6 Å². The van der Waals surface area contributed by atoms with Crippen LogP contribution in [0.3, 0.4) is 0 Å². The topological polar surface area (TPSA) is 116 Å². The molecule has 4 aromatic rings. The van der Waals surface area contributed by atoms with E-state index in [-0.39, 0.29) is 6.04 Å². The Balaban J connectivity index is 1.28. The lowest BCUT2D eigenvalue weighted by atomic mass is 10.1. The Morgan fingerprint density at radius 1 is 1.17 bits per heavy atom. The second kappa shape index (κ2) is 7.51. The van der Waals surface area contributed by atoms with Crippen LogP contribution in [-0.4, -0.2) is 43.3 Å². The molecule has 1 aromatic carbocycles. The summed E-state index contributed by atoms with van der Waals surface area (Å²) < 4.78 is 5.44. The summed E-state index contributed by atoms with van der Waals surface area (Å²) in [5, 5.41) is 14.0. The molecule has 29 heavy (non-hydrogen) atoms.